The van der Waals surface area contributed by atoms with Crippen molar-refractivity contribution in [3.63, 3.8) is 0 Å². The van der Waals surface area contributed by atoms with Crippen LogP contribution in [0.25, 0.3) is 0 Å². The minimum atomic E-state index is -0.0713. The van der Waals surface area contributed by atoms with Crippen molar-refractivity contribution in [1.82, 2.24) is 9.80 Å². The third kappa shape index (κ3) is 4.34. The Balaban J connectivity index is 1.85. The fourth-order valence-corrected chi connectivity index (χ4v) is 2.43. The van der Waals surface area contributed by atoms with Gasteiger partial charge in [0.2, 0.25) is 0 Å². The summed E-state index contributed by atoms with van der Waals surface area (Å²) in [5.74, 6) is 0.674. The molecular weight excluding hydrogens is 268 g/mol. The second-order valence-electron chi connectivity index (χ2n) is 5.10. The summed E-state index contributed by atoms with van der Waals surface area (Å²) in [5, 5.41) is 2.91. The fraction of sp³-hybridized carbons (Fsp3) is 0.533. The predicted molar refractivity (Wildman–Crippen MR) is 83.7 cm³/mol. The average molecular weight is 292 g/mol. The number of anilines is 1. The molecule has 0 atom stereocenters. The van der Waals surface area contributed by atoms with Gasteiger partial charge in [0.25, 0.3) is 0 Å². The van der Waals surface area contributed by atoms with E-state index in [0.29, 0.717) is 18.0 Å². The summed E-state index contributed by atoms with van der Waals surface area (Å²) in [6.45, 7) is 5.02. The molecule has 0 bridgehead atoms. The molecule has 116 valence electrons. The first-order chi connectivity index (χ1) is 10.2. The second-order valence-corrected chi connectivity index (χ2v) is 5.10. The van der Waals surface area contributed by atoms with E-state index in [9.17, 15) is 4.79 Å². The van der Waals surface area contributed by atoms with E-state index < -0.39 is 0 Å². The van der Waals surface area contributed by atoms with E-state index in [4.69, 9.17) is 10.5 Å². The molecule has 0 spiro atoms. The standard InChI is InChI=1S/C15H24N4O2/c1-21-14-6-3-2-5-13(14)17-15(20)19-11-9-18(10-12-19)8-4-7-16/h2-3,5-6H,4,7-12,16H2,1H3,(H,17,20). The molecule has 1 fully saturated rings. The number of hydrogen-bond acceptors (Lipinski definition) is 4. The molecule has 21 heavy (non-hydrogen) atoms. The van der Waals surface area contributed by atoms with E-state index in [1.807, 2.05) is 29.2 Å². The highest BCUT2D eigenvalue weighted by molar-refractivity contribution is 5.91. The number of urea groups is 1. The van der Waals surface area contributed by atoms with Crippen molar-refractivity contribution in [1.29, 1.82) is 0 Å². The van der Waals surface area contributed by atoms with Crippen molar-refractivity contribution in [3.05, 3.63) is 24.3 Å². The van der Waals surface area contributed by atoms with Crippen LogP contribution in [-0.2, 0) is 0 Å². The van der Waals surface area contributed by atoms with Gasteiger partial charge in [-0.05, 0) is 31.6 Å². The number of methoxy groups -OCH3 is 1. The van der Waals surface area contributed by atoms with Gasteiger partial charge in [-0.3, -0.25) is 4.90 Å². The summed E-state index contributed by atoms with van der Waals surface area (Å²) in [6.07, 6.45) is 1.01. The third-order valence-corrected chi connectivity index (χ3v) is 3.69. The highest BCUT2D eigenvalue weighted by atomic mass is 16.5. The van der Waals surface area contributed by atoms with Crippen LogP contribution in [0.1, 0.15) is 6.42 Å². The lowest BCUT2D eigenvalue weighted by Gasteiger charge is -2.34. The Hall–Kier alpha value is -1.79. The molecule has 0 radical (unpaired) electrons. The van der Waals surface area contributed by atoms with Crippen molar-refractivity contribution < 1.29 is 9.53 Å². The molecule has 2 rings (SSSR count). The number of nitrogens with one attached hydrogen (secondary N) is 1. The Kier molecular flexibility index (Phi) is 5.83. The van der Waals surface area contributed by atoms with Gasteiger partial charge in [-0.1, -0.05) is 12.1 Å². The molecular formula is C15H24N4O2. The number of rotatable bonds is 5. The number of carbonyl (C=O) groups is 1. The van der Waals surface area contributed by atoms with Crippen LogP contribution in [0.3, 0.4) is 0 Å². The molecule has 0 aromatic heterocycles. The molecule has 1 aliphatic rings. The maximum Gasteiger partial charge on any atom is 0.322 e. The topological polar surface area (TPSA) is 70.8 Å². The number of para-hydroxylation sites is 2. The predicted octanol–water partition coefficient (Wildman–Crippen LogP) is 1.19. The van der Waals surface area contributed by atoms with Crippen LogP contribution >= 0.6 is 0 Å². The number of hydrogen-bond donors (Lipinski definition) is 2. The maximum atomic E-state index is 12.3. The smallest absolute Gasteiger partial charge is 0.322 e. The van der Waals surface area contributed by atoms with Crippen molar-refractivity contribution in [2.24, 2.45) is 5.73 Å². The van der Waals surface area contributed by atoms with Gasteiger partial charge in [-0.25, -0.2) is 4.79 Å². The zero-order valence-electron chi connectivity index (χ0n) is 12.5. The van der Waals surface area contributed by atoms with Gasteiger partial charge in [0.15, 0.2) is 0 Å². The lowest BCUT2D eigenvalue weighted by molar-refractivity contribution is 0.147. The Morgan fingerprint density at radius 3 is 2.67 bits per heavy atom. The average Bonchev–Trinajstić information content (AvgIpc) is 2.54. The maximum absolute atomic E-state index is 12.3. The molecule has 1 saturated heterocycles. The molecule has 0 saturated carbocycles. The molecule has 6 nitrogen and oxygen atoms in total. The van der Waals surface area contributed by atoms with E-state index in [1.165, 1.54) is 0 Å². The van der Waals surface area contributed by atoms with Crippen LogP contribution in [0.4, 0.5) is 10.5 Å². The number of piperazine rings is 1. The molecule has 3 N–H and O–H groups in total. The van der Waals surface area contributed by atoms with Crippen molar-refractivity contribution >= 4 is 11.7 Å². The Morgan fingerprint density at radius 1 is 1.29 bits per heavy atom. The molecule has 1 aromatic carbocycles. The van der Waals surface area contributed by atoms with E-state index in [-0.39, 0.29) is 6.03 Å². The van der Waals surface area contributed by atoms with Crippen molar-refractivity contribution in [2.75, 3.05) is 51.7 Å². The van der Waals surface area contributed by atoms with Gasteiger partial charge >= 0.3 is 6.03 Å². The summed E-state index contributed by atoms with van der Waals surface area (Å²) in [5.41, 5.74) is 6.23. The number of carbonyl (C=O) groups excluding carboxylic acids is 1. The Morgan fingerprint density at radius 2 is 2.00 bits per heavy atom. The summed E-state index contributed by atoms with van der Waals surface area (Å²) < 4.78 is 5.24. The minimum absolute atomic E-state index is 0.0713. The van der Waals surface area contributed by atoms with Gasteiger partial charge < -0.3 is 20.7 Å². The monoisotopic (exact) mass is 292 g/mol. The van der Waals surface area contributed by atoms with Crippen molar-refractivity contribution in [3.8, 4) is 5.75 Å². The van der Waals surface area contributed by atoms with Gasteiger partial charge in [0.05, 0.1) is 12.8 Å². The Labute approximate surface area is 125 Å². The first kappa shape index (κ1) is 15.6. The number of nitrogens with two attached hydrogens (primary N) is 1. The number of benzene rings is 1. The molecule has 1 aromatic rings. The minimum Gasteiger partial charge on any atom is -0.495 e. The molecule has 2 amide bonds. The lowest BCUT2D eigenvalue weighted by Crippen LogP contribution is -2.50. The van der Waals surface area contributed by atoms with Gasteiger partial charge in [-0.2, -0.15) is 0 Å². The molecule has 1 aliphatic heterocycles. The van der Waals surface area contributed by atoms with Crippen LogP contribution in [0.5, 0.6) is 5.75 Å². The Bertz CT molecular complexity index is 459. The lowest BCUT2D eigenvalue weighted by atomic mass is 10.3. The number of amides is 2. The molecule has 6 heteroatoms. The quantitative estimate of drug-likeness (QED) is 0.855. The largest absolute Gasteiger partial charge is 0.495 e. The van der Waals surface area contributed by atoms with E-state index in [1.54, 1.807) is 7.11 Å². The normalized spacial score (nSPS) is 15.8. The first-order valence-electron chi connectivity index (χ1n) is 7.36. The van der Waals surface area contributed by atoms with Gasteiger partial charge in [0.1, 0.15) is 5.75 Å². The van der Waals surface area contributed by atoms with Crippen LogP contribution < -0.4 is 15.8 Å². The number of nitrogens with zero attached hydrogens (tertiary/aromatic N) is 2. The molecule has 0 unspecified atom stereocenters. The third-order valence-electron chi connectivity index (χ3n) is 3.69. The van der Waals surface area contributed by atoms with E-state index >= 15 is 0 Å². The summed E-state index contributed by atoms with van der Waals surface area (Å²) in [6, 6.07) is 7.36. The van der Waals surface area contributed by atoms with Crippen LogP contribution in [0.2, 0.25) is 0 Å². The van der Waals surface area contributed by atoms with Crippen LogP contribution in [-0.4, -0.2) is 62.2 Å². The van der Waals surface area contributed by atoms with E-state index in [0.717, 1.165) is 39.1 Å². The highest BCUT2D eigenvalue weighted by Gasteiger charge is 2.21. The van der Waals surface area contributed by atoms with E-state index in [2.05, 4.69) is 10.2 Å². The van der Waals surface area contributed by atoms with Crippen molar-refractivity contribution in [2.45, 2.75) is 6.42 Å². The molecule has 1 heterocycles. The van der Waals surface area contributed by atoms with Crippen LogP contribution in [0, 0.1) is 0 Å². The van der Waals surface area contributed by atoms with Gasteiger partial charge in [-0.15, -0.1) is 0 Å². The fourth-order valence-electron chi connectivity index (χ4n) is 2.43. The molecule has 0 aliphatic carbocycles. The summed E-state index contributed by atoms with van der Waals surface area (Å²) in [7, 11) is 1.60. The first-order valence-corrected chi connectivity index (χ1v) is 7.36. The number of ether oxygens (including phenoxy) is 1. The summed E-state index contributed by atoms with van der Waals surface area (Å²) in [4.78, 5) is 16.5. The summed E-state index contributed by atoms with van der Waals surface area (Å²) >= 11 is 0. The van der Waals surface area contributed by atoms with Gasteiger partial charge in [0, 0.05) is 26.2 Å². The second kappa shape index (κ2) is 7.85. The zero-order chi connectivity index (χ0) is 15.1. The highest BCUT2D eigenvalue weighted by Crippen LogP contribution is 2.23. The SMILES string of the molecule is COc1ccccc1NC(=O)N1CCN(CCCN)CC1. The zero-order valence-corrected chi connectivity index (χ0v) is 12.5. The van der Waals surface area contributed by atoms with Crippen LogP contribution in [0.15, 0.2) is 24.3 Å².